The number of hydrogen-bond donors (Lipinski definition) is 1. The number of nitrogens with two attached hydrogens (primary N) is 1. The van der Waals surface area contributed by atoms with Gasteiger partial charge in [0.25, 0.3) is 0 Å². The summed E-state index contributed by atoms with van der Waals surface area (Å²) in [6.07, 6.45) is 2.04. The number of rotatable bonds is 6. The van der Waals surface area contributed by atoms with Gasteiger partial charge in [0, 0.05) is 12.3 Å². The van der Waals surface area contributed by atoms with E-state index in [9.17, 15) is 4.79 Å². The molecule has 1 aromatic heterocycles. The van der Waals surface area contributed by atoms with Gasteiger partial charge in [0.15, 0.2) is 0 Å². The summed E-state index contributed by atoms with van der Waals surface area (Å²) in [5, 5.41) is 0. The molecule has 0 unspecified atom stereocenters. The lowest BCUT2D eigenvalue weighted by Gasteiger charge is -2.09. The van der Waals surface area contributed by atoms with Gasteiger partial charge in [0.2, 0.25) is 5.88 Å². The molecule has 0 saturated heterocycles. The van der Waals surface area contributed by atoms with Crippen molar-refractivity contribution in [1.29, 1.82) is 0 Å². The monoisotopic (exact) mass is 286 g/mol. The van der Waals surface area contributed by atoms with E-state index >= 15 is 0 Å². The highest BCUT2D eigenvalue weighted by atomic mass is 16.5. The molecule has 0 amide bonds. The van der Waals surface area contributed by atoms with Gasteiger partial charge in [0.05, 0.1) is 7.11 Å². The molecule has 0 aliphatic heterocycles. The van der Waals surface area contributed by atoms with Crippen molar-refractivity contribution in [1.82, 2.24) is 4.98 Å². The second kappa shape index (κ2) is 7.40. The maximum atomic E-state index is 11.3. The summed E-state index contributed by atoms with van der Waals surface area (Å²) in [6, 6.07) is 12.8. The summed E-state index contributed by atoms with van der Waals surface area (Å²) in [4.78, 5) is 15.5. The van der Waals surface area contributed by atoms with Gasteiger partial charge in [-0.05, 0) is 17.5 Å². The maximum absolute atomic E-state index is 11.3. The number of carbonyl (C=O) groups excluding carboxylic acids is 1. The fraction of sp³-hybridized carbons (Fsp3) is 0.250. The Balaban J connectivity index is 1.88. The van der Waals surface area contributed by atoms with Crippen molar-refractivity contribution in [2.45, 2.75) is 19.1 Å². The Morgan fingerprint density at radius 1 is 1.19 bits per heavy atom. The normalized spacial score (nSPS) is 11.7. The summed E-state index contributed by atoms with van der Waals surface area (Å²) in [7, 11) is 1.32. The molecule has 5 nitrogen and oxygen atoms in total. The molecular formula is C16H18N2O3. The van der Waals surface area contributed by atoms with Gasteiger partial charge in [-0.15, -0.1) is 0 Å². The number of esters is 1. The van der Waals surface area contributed by atoms with Crippen LogP contribution in [0.25, 0.3) is 0 Å². The molecular weight excluding hydrogens is 268 g/mol. The molecule has 1 aromatic carbocycles. The molecule has 21 heavy (non-hydrogen) atoms. The van der Waals surface area contributed by atoms with Gasteiger partial charge in [-0.2, -0.15) is 0 Å². The van der Waals surface area contributed by atoms with Crippen LogP contribution in [-0.4, -0.2) is 24.1 Å². The zero-order chi connectivity index (χ0) is 15.1. The van der Waals surface area contributed by atoms with Crippen molar-refractivity contribution in [2.24, 2.45) is 5.73 Å². The summed E-state index contributed by atoms with van der Waals surface area (Å²) in [5.41, 5.74) is 7.64. The predicted octanol–water partition coefficient (Wildman–Crippen LogP) is 1.70. The molecule has 0 aliphatic carbocycles. The van der Waals surface area contributed by atoms with E-state index in [1.165, 1.54) is 7.11 Å². The third kappa shape index (κ3) is 4.57. The number of carbonyl (C=O) groups is 1. The van der Waals surface area contributed by atoms with E-state index in [1.54, 1.807) is 12.3 Å². The van der Waals surface area contributed by atoms with Gasteiger partial charge < -0.3 is 15.2 Å². The minimum absolute atomic E-state index is 0.388. The minimum atomic E-state index is -0.673. The molecule has 110 valence electrons. The van der Waals surface area contributed by atoms with Crippen LogP contribution in [0.2, 0.25) is 0 Å². The first-order chi connectivity index (χ1) is 10.2. The summed E-state index contributed by atoms with van der Waals surface area (Å²) in [6.45, 7) is 0.467. The van der Waals surface area contributed by atoms with Crippen molar-refractivity contribution in [3.05, 3.63) is 59.8 Å². The summed E-state index contributed by atoms with van der Waals surface area (Å²) >= 11 is 0. The van der Waals surface area contributed by atoms with E-state index in [4.69, 9.17) is 10.5 Å². The second-order valence-electron chi connectivity index (χ2n) is 4.61. The number of nitrogens with zero attached hydrogens (tertiary/aromatic N) is 1. The van der Waals surface area contributed by atoms with Crippen LogP contribution in [0.15, 0.2) is 48.7 Å². The average Bonchev–Trinajstić information content (AvgIpc) is 2.54. The first-order valence-corrected chi connectivity index (χ1v) is 6.64. The number of pyridine rings is 1. The minimum Gasteiger partial charge on any atom is -0.473 e. The fourth-order valence-electron chi connectivity index (χ4n) is 1.84. The quantitative estimate of drug-likeness (QED) is 0.818. The van der Waals surface area contributed by atoms with Crippen LogP contribution >= 0.6 is 0 Å². The first kappa shape index (κ1) is 15.0. The molecule has 0 aliphatic rings. The zero-order valence-corrected chi connectivity index (χ0v) is 11.9. The van der Waals surface area contributed by atoms with Crippen LogP contribution in [0, 0.1) is 0 Å². The molecule has 5 heteroatoms. The van der Waals surface area contributed by atoms with Crippen molar-refractivity contribution in [3.63, 3.8) is 0 Å². The molecule has 1 atom stereocenters. The number of hydrogen-bond acceptors (Lipinski definition) is 5. The van der Waals surface area contributed by atoms with E-state index in [1.807, 2.05) is 36.4 Å². The lowest BCUT2D eigenvalue weighted by atomic mass is 10.1. The second-order valence-corrected chi connectivity index (χ2v) is 4.61. The topological polar surface area (TPSA) is 74.4 Å². The Bertz CT molecular complexity index is 570. The van der Waals surface area contributed by atoms with Gasteiger partial charge in [-0.3, -0.25) is 4.79 Å². The molecule has 2 aromatic rings. The number of aromatic nitrogens is 1. The Kier molecular flexibility index (Phi) is 5.29. The van der Waals surface area contributed by atoms with E-state index in [0.29, 0.717) is 18.9 Å². The maximum Gasteiger partial charge on any atom is 0.322 e. The van der Waals surface area contributed by atoms with Crippen LogP contribution < -0.4 is 10.5 Å². The van der Waals surface area contributed by atoms with Crippen LogP contribution in [0.4, 0.5) is 0 Å². The molecule has 0 radical (unpaired) electrons. The van der Waals surface area contributed by atoms with Gasteiger partial charge >= 0.3 is 5.97 Å². The van der Waals surface area contributed by atoms with Gasteiger partial charge in [-0.25, -0.2) is 4.98 Å². The fourth-order valence-corrected chi connectivity index (χ4v) is 1.84. The molecule has 2 rings (SSSR count). The van der Waals surface area contributed by atoms with E-state index < -0.39 is 12.0 Å². The predicted molar refractivity (Wildman–Crippen MR) is 78.7 cm³/mol. The Morgan fingerprint density at radius 3 is 2.57 bits per heavy atom. The van der Waals surface area contributed by atoms with Crippen LogP contribution in [0.3, 0.4) is 0 Å². The molecule has 0 saturated carbocycles. The summed E-state index contributed by atoms with van der Waals surface area (Å²) < 4.78 is 10.2. The van der Waals surface area contributed by atoms with E-state index in [2.05, 4.69) is 9.72 Å². The summed E-state index contributed by atoms with van der Waals surface area (Å²) in [5.74, 6) is 0.105. The third-order valence-electron chi connectivity index (χ3n) is 2.99. The molecule has 0 spiro atoms. The Morgan fingerprint density at radius 2 is 1.95 bits per heavy atom. The smallest absolute Gasteiger partial charge is 0.322 e. The van der Waals surface area contributed by atoms with E-state index in [0.717, 1.165) is 11.1 Å². The SMILES string of the molecule is COC(=O)[C@@H](N)Cc1ccc(OCc2ccccc2)nc1. The first-order valence-electron chi connectivity index (χ1n) is 6.64. The van der Waals surface area contributed by atoms with Crippen molar-refractivity contribution in [3.8, 4) is 5.88 Å². The standard InChI is InChI=1S/C16H18N2O3/c1-20-16(19)14(17)9-13-7-8-15(18-10-13)21-11-12-5-3-2-4-6-12/h2-8,10,14H,9,11,17H2,1H3/t14-/m0/s1. The lowest BCUT2D eigenvalue weighted by Crippen LogP contribution is -2.33. The molecule has 0 fully saturated rings. The Hall–Kier alpha value is -2.40. The highest BCUT2D eigenvalue weighted by Gasteiger charge is 2.14. The highest BCUT2D eigenvalue weighted by Crippen LogP contribution is 2.11. The highest BCUT2D eigenvalue weighted by molar-refractivity contribution is 5.75. The van der Waals surface area contributed by atoms with E-state index in [-0.39, 0.29) is 0 Å². The number of methoxy groups -OCH3 is 1. The largest absolute Gasteiger partial charge is 0.473 e. The van der Waals surface area contributed by atoms with Crippen LogP contribution in [-0.2, 0) is 22.6 Å². The molecule has 0 bridgehead atoms. The molecule has 2 N–H and O–H groups in total. The lowest BCUT2D eigenvalue weighted by molar-refractivity contribution is -0.142. The average molecular weight is 286 g/mol. The van der Waals surface area contributed by atoms with Crippen molar-refractivity contribution >= 4 is 5.97 Å². The van der Waals surface area contributed by atoms with Crippen LogP contribution in [0.5, 0.6) is 5.88 Å². The van der Waals surface area contributed by atoms with Crippen molar-refractivity contribution in [2.75, 3.05) is 7.11 Å². The van der Waals surface area contributed by atoms with Crippen molar-refractivity contribution < 1.29 is 14.3 Å². The zero-order valence-electron chi connectivity index (χ0n) is 11.9. The van der Waals surface area contributed by atoms with Gasteiger partial charge in [-0.1, -0.05) is 36.4 Å². The van der Waals surface area contributed by atoms with Gasteiger partial charge in [0.1, 0.15) is 12.6 Å². The van der Waals surface area contributed by atoms with Crippen LogP contribution in [0.1, 0.15) is 11.1 Å². The Labute approximate surface area is 123 Å². The molecule has 1 heterocycles. The number of benzene rings is 1. The third-order valence-corrected chi connectivity index (χ3v) is 2.99. The number of ether oxygens (including phenoxy) is 2.